The zero-order valence-corrected chi connectivity index (χ0v) is 13.4. The molecule has 0 heterocycles. The number of ether oxygens (including phenoxy) is 1. The van der Waals surface area contributed by atoms with E-state index in [1.165, 1.54) is 7.11 Å². The van der Waals surface area contributed by atoms with Crippen molar-refractivity contribution >= 4 is 40.0 Å². The third-order valence-electron chi connectivity index (χ3n) is 2.68. The van der Waals surface area contributed by atoms with Crippen LogP contribution in [0.4, 0.5) is 0 Å². The van der Waals surface area contributed by atoms with Crippen molar-refractivity contribution in [3.8, 4) is 5.75 Å². The average Bonchev–Trinajstić information content (AvgIpc) is 2.47. The van der Waals surface area contributed by atoms with Gasteiger partial charge in [0.15, 0.2) is 5.17 Å². The predicted octanol–water partition coefficient (Wildman–Crippen LogP) is 5.12. The highest BCUT2D eigenvalue weighted by Crippen LogP contribution is 2.25. The van der Waals surface area contributed by atoms with Crippen molar-refractivity contribution in [1.82, 2.24) is 0 Å². The molecule has 0 aromatic heterocycles. The minimum absolute atomic E-state index is 0.218. The summed E-state index contributed by atoms with van der Waals surface area (Å²) in [4.78, 5) is 4.67. The van der Waals surface area contributed by atoms with Gasteiger partial charge in [0.05, 0.1) is 5.56 Å². The first-order valence-electron chi connectivity index (χ1n) is 6.04. The smallest absolute Gasteiger partial charge is 0.179 e. The summed E-state index contributed by atoms with van der Waals surface area (Å²) < 4.78 is 5.76. The van der Waals surface area contributed by atoms with E-state index in [9.17, 15) is 0 Å². The van der Waals surface area contributed by atoms with Crippen molar-refractivity contribution < 1.29 is 9.57 Å². The van der Waals surface area contributed by atoms with Crippen LogP contribution < -0.4 is 4.74 Å². The fourth-order valence-corrected chi connectivity index (χ4v) is 2.37. The molecule has 0 fully saturated rings. The minimum Gasteiger partial charge on any atom is -0.488 e. The lowest BCUT2D eigenvalue weighted by Gasteiger charge is -2.11. The van der Waals surface area contributed by atoms with Crippen molar-refractivity contribution in [2.45, 2.75) is 6.61 Å². The Morgan fingerprint density at radius 2 is 1.90 bits per heavy atom. The Morgan fingerprint density at radius 1 is 1.14 bits per heavy atom. The van der Waals surface area contributed by atoms with Crippen LogP contribution in [0.25, 0.3) is 0 Å². The summed E-state index contributed by atoms with van der Waals surface area (Å²) >= 11 is 18.0. The van der Waals surface area contributed by atoms with Gasteiger partial charge in [-0.15, -0.1) is 0 Å². The number of halogens is 3. The molecule has 0 atom stereocenters. The SMILES string of the molecule is CO/N=C(\Cl)c1ccccc1OCc1ccc(Cl)cc1Cl. The number of nitrogens with zero attached hydrogens (tertiary/aromatic N) is 1. The lowest BCUT2D eigenvalue weighted by Crippen LogP contribution is -2.01. The molecule has 2 aromatic carbocycles. The van der Waals surface area contributed by atoms with Crippen LogP contribution in [-0.2, 0) is 11.4 Å². The summed E-state index contributed by atoms with van der Waals surface area (Å²) in [5, 5.41) is 5.05. The maximum atomic E-state index is 6.11. The molecule has 110 valence electrons. The first-order chi connectivity index (χ1) is 10.1. The molecule has 0 aliphatic rings. The molecule has 2 aromatic rings. The van der Waals surface area contributed by atoms with Crippen LogP contribution in [0.15, 0.2) is 47.6 Å². The quantitative estimate of drug-likeness (QED) is 0.557. The van der Waals surface area contributed by atoms with Crippen LogP contribution in [0, 0.1) is 0 Å². The molecule has 0 unspecified atom stereocenters. The third-order valence-corrected chi connectivity index (χ3v) is 3.54. The van der Waals surface area contributed by atoms with Crippen molar-refractivity contribution in [2.75, 3.05) is 7.11 Å². The van der Waals surface area contributed by atoms with E-state index in [1.54, 1.807) is 24.3 Å². The van der Waals surface area contributed by atoms with Gasteiger partial charge in [0.2, 0.25) is 0 Å². The Kier molecular flexibility index (Phi) is 5.74. The Hall–Kier alpha value is -1.42. The molecule has 0 radical (unpaired) electrons. The molecule has 0 N–H and O–H groups in total. The van der Waals surface area contributed by atoms with Gasteiger partial charge >= 0.3 is 0 Å². The van der Waals surface area contributed by atoms with Gasteiger partial charge in [-0.1, -0.05) is 58.2 Å². The van der Waals surface area contributed by atoms with Crippen molar-refractivity contribution in [3.63, 3.8) is 0 Å². The minimum atomic E-state index is 0.218. The number of benzene rings is 2. The number of rotatable bonds is 5. The van der Waals surface area contributed by atoms with Gasteiger partial charge in [0.25, 0.3) is 0 Å². The highest BCUT2D eigenvalue weighted by Gasteiger charge is 2.10. The van der Waals surface area contributed by atoms with Crippen molar-refractivity contribution in [2.24, 2.45) is 5.16 Å². The molecular formula is C15H12Cl3NO2. The second-order valence-corrected chi connectivity index (χ2v) is 5.29. The molecule has 0 spiro atoms. The first-order valence-corrected chi connectivity index (χ1v) is 7.18. The topological polar surface area (TPSA) is 30.8 Å². The van der Waals surface area contributed by atoms with E-state index in [0.717, 1.165) is 5.56 Å². The molecule has 0 aliphatic carbocycles. The average molecular weight is 345 g/mol. The van der Waals surface area contributed by atoms with Crippen LogP contribution in [-0.4, -0.2) is 12.3 Å². The van der Waals surface area contributed by atoms with Crippen LogP contribution >= 0.6 is 34.8 Å². The fourth-order valence-electron chi connectivity index (χ4n) is 1.69. The number of hydrogen-bond donors (Lipinski definition) is 0. The van der Waals surface area contributed by atoms with Crippen molar-refractivity contribution in [3.05, 3.63) is 63.6 Å². The molecule has 3 nitrogen and oxygen atoms in total. The summed E-state index contributed by atoms with van der Waals surface area (Å²) in [5.74, 6) is 0.592. The molecule has 0 saturated heterocycles. The van der Waals surface area contributed by atoms with Crippen molar-refractivity contribution in [1.29, 1.82) is 0 Å². The molecule has 21 heavy (non-hydrogen) atoms. The van der Waals surface area contributed by atoms with Crippen LogP contribution in [0.1, 0.15) is 11.1 Å². The maximum absolute atomic E-state index is 6.11. The van der Waals surface area contributed by atoms with Gasteiger partial charge in [-0.3, -0.25) is 0 Å². The second kappa shape index (κ2) is 7.55. The summed E-state index contributed by atoms with van der Waals surface area (Å²) in [6, 6.07) is 12.5. The van der Waals surface area contributed by atoms with E-state index in [0.29, 0.717) is 28.0 Å². The summed E-state index contributed by atoms with van der Waals surface area (Å²) in [6.07, 6.45) is 0. The van der Waals surface area contributed by atoms with Gasteiger partial charge in [-0.25, -0.2) is 0 Å². The molecule has 2 rings (SSSR count). The third kappa shape index (κ3) is 4.27. The molecule has 0 aliphatic heterocycles. The molecule has 0 saturated carbocycles. The lowest BCUT2D eigenvalue weighted by molar-refractivity contribution is 0.214. The van der Waals surface area contributed by atoms with Gasteiger partial charge in [-0.05, 0) is 24.3 Å². The predicted molar refractivity (Wildman–Crippen MR) is 86.6 cm³/mol. The maximum Gasteiger partial charge on any atom is 0.179 e. The largest absolute Gasteiger partial charge is 0.488 e. The van der Waals surface area contributed by atoms with E-state index in [1.807, 2.05) is 18.2 Å². The fraction of sp³-hybridized carbons (Fsp3) is 0.133. The second-order valence-electron chi connectivity index (χ2n) is 4.09. The first kappa shape index (κ1) is 16.0. The van der Waals surface area contributed by atoms with E-state index in [2.05, 4.69) is 9.99 Å². The van der Waals surface area contributed by atoms with Gasteiger partial charge < -0.3 is 9.57 Å². The summed E-state index contributed by atoms with van der Waals surface area (Å²) in [7, 11) is 1.43. The zero-order valence-electron chi connectivity index (χ0n) is 11.1. The van der Waals surface area contributed by atoms with Crippen LogP contribution in [0.5, 0.6) is 5.75 Å². The molecule has 0 bridgehead atoms. The number of para-hydroxylation sites is 1. The Morgan fingerprint density at radius 3 is 2.62 bits per heavy atom. The highest BCUT2D eigenvalue weighted by molar-refractivity contribution is 6.69. The Balaban J connectivity index is 2.18. The van der Waals surface area contributed by atoms with E-state index in [4.69, 9.17) is 39.5 Å². The van der Waals surface area contributed by atoms with E-state index in [-0.39, 0.29) is 5.17 Å². The van der Waals surface area contributed by atoms with E-state index < -0.39 is 0 Å². The summed E-state index contributed by atoms with van der Waals surface area (Å²) in [5.41, 5.74) is 1.47. The zero-order chi connectivity index (χ0) is 15.2. The molecular weight excluding hydrogens is 333 g/mol. The summed E-state index contributed by atoms with van der Waals surface area (Å²) in [6.45, 7) is 0.296. The Bertz CT molecular complexity index is 659. The highest BCUT2D eigenvalue weighted by atomic mass is 35.5. The standard InChI is InChI=1S/C15H12Cl3NO2/c1-20-19-15(18)12-4-2-3-5-14(12)21-9-10-6-7-11(16)8-13(10)17/h2-8H,9H2,1H3/b19-15-. The number of oxime groups is 1. The van der Waals surface area contributed by atoms with E-state index >= 15 is 0 Å². The lowest BCUT2D eigenvalue weighted by atomic mass is 10.2. The normalized spacial score (nSPS) is 11.3. The van der Waals surface area contributed by atoms with Gasteiger partial charge in [0.1, 0.15) is 19.5 Å². The monoisotopic (exact) mass is 343 g/mol. The molecule has 6 heteroatoms. The van der Waals surface area contributed by atoms with Gasteiger partial charge in [-0.2, -0.15) is 0 Å². The van der Waals surface area contributed by atoms with Gasteiger partial charge in [0, 0.05) is 15.6 Å². The van der Waals surface area contributed by atoms with Crippen LogP contribution in [0.2, 0.25) is 10.0 Å². The number of hydrogen-bond acceptors (Lipinski definition) is 3. The molecule has 0 amide bonds. The Labute approximate surface area is 138 Å². The van der Waals surface area contributed by atoms with Crippen LogP contribution in [0.3, 0.4) is 0 Å².